The van der Waals surface area contributed by atoms with Gasteiger partial charge in [0, 0.05) is 16.9 Å². The monoisotopic (exact) mass is 348 g/mol. The first kappa shape index (κ1) is 18.7. The van der Waals surface area contributed by atoms with Crippen molar-refractivity contribution in [3.8, 4) is 0 Å². The third-order valence-corrected chi connectivity index (χ3v) is 7.50. The van der Waals surface area contributed by atoms with Gasteiger partial charge >= 0.3 is 5.97 Å². The van der Waals surface area contributed by atoms with Gasteiger partial charge in [-0.25, -0.2) is 4.79 Å². The van der Waals surface area contributed by atoms with Gasteiger partial charge < -0.3 is 14.9 Å². The molecule has 0 bridgehead atoms. The van der Waals surface area contributed by atoms with Crippen molar-refractivity contribution in [3.05, 3.63) is 23.8 Å². The predicted octanol–water partition coefficient (Wildman–Crippen LogP) is 3.24. The summed E-state index contributed by atoms with van der Waals surface area (Å²) >= 11 is 0. The molecule has 0 aromatic heterocycles. The number of allylic oxidation sites excluding steroid dienone is 2. The van der Waals surface area contributed by atoms with E-state index in [1.807, 2.05) is 13.8 Å². The zero-order chi connectivity index (χ0) is 18.4. The number of aliphatic hydroxyl groups is 2. The van der Waals surface area contributed by atoms with E-state index < -0.39 is 11.5 Å². The topological polar surface area (TPSA) is 66.8 Å². The number of esters is 1. The molecule has 3 rings (SSSR count). The Morgan fingerprint density at radius 2 is 2.08 bits per heavy atom. The predicted molar refractivity (Wildman–Crippen MR) is 96.7 cm³/mol. The highest BCUT2D eigenvalue weighted by Crippen LogP contribution is 2.61. The molecule has 3 fully saturated rings. The van der Waals surface area contributed by atoms with Gasteiger partial charge in [-0.2, -0.15) is 0 Å². The molecule has 1 heterocycles. The van der Waals surface area contributed by atoms with Crippen LogP contribution in [0.5, 0.6) is 0 Å². The van der Waals surface area contributed by atoms with Crippen molar-refractivity contribution in [2.75, 3.05) is 13.2 Å². The van der Waals surface area contributed by atoms with Gasteiger partial charge in [0.1, 0.15) is 0 Å². The highest BCUT2D eigenvalue weighted by atomic mass is 16.5. The normalized spacial score (nSPS) is 46.2. The van der Waals surface area contributed by atoms with Crippen molar-refractivity contribution in [2.24, 2.45) is 28.6 Å². The third-order valence-electron chi connectivity index (χ3n) is 7.50. The zero-order valence-corrected chi connectivity index (χ0v) is 15.8. The van der Waals surface area contributed by atoms with E-state index in [1.165, 1.54) is 5.57 Å². The smallest absolute Gasteiger partial charge is 0.334 e. The molecule has 0 spiro atoms. The van der Waals surface area contributed by atoms with Crippen LogP contribution in [0.15, 0.2) is 23.8 Å². The van der Waals surface area contributed by atoms with E-state index in [9.17, 15) is 15.0 Å². The maximum atomic E-state index is 11.9. The van der Waals surface area contributed by atoms with E-state index in [4.69, 9.17) is 4.74 Å². The molecule has 4 nitrogen and oxygen atoms in total. The fourth-order valence-electron chi connectivity index (χ4n) is 5.74. The number of carbonyl (C=O) groups is 1. The Bertz CT molecular complexity index is 595. The number of aliphatic hydroxyl groups excluding tert-OH is 2. The summed E-state index contributed by atoms with van der Waals surface area (Å²) in [5, 5.41) is 20.6. The van der Waals surface area contributed by atoms with Gasteiger partial charge in [-0.05, 0) is 49.4 Å². The lowest BCUT2D eigenvalue weighted by molar-refractivity contribution is -0.151. The summed E-state index contributed by atoms with van der Waals surface area (Å²) in [6, 6.07) is 0. The lowest BCUT2D eigenvalue weighted by atomic mass is 9.46. The molecule has 2 saturated carbocycles. The molecule has 2 N–H and O–H groups in total. The van der Waals surface area contributed by atoms with Crippen molar-refractivity contribution >= 4 is 5.97 Å². The molecule has 3 aliphatic rings. The van der Waals surface area contributed by atoms with E-state index >= 15 is 0 Å². The molecular weight excluding hydrogens is 316 g/mol. The maximum absolute atomic E-state index is 11.9. The summed E-state index contributed by atoms with van der Waals surface area (Å²) in [4.78, 5) is 11.9. The SMILES string of the molecule is C=C1CCC2C(C)(CO)C(O)CC[C@@]2(C)[C@@H]1CC=C1C(=O)OCC1C. The molecule has 4 heteroatoms. The van der Waals surface area contributed by atoms with Gasteiger partial charge in [0.2, 0.25) is 0 Å². The largest absolute Gasteiger partial charge is 0.462 e. The minimum Gasteiger partial charge on any atom is -0.462 e. The molecule has 1 aliphatic heterocycles. The molecule has 0 aromatic carbocycles. The van der Waals surface area contributed by atoms with Crippen molar-refractivity contribution in [2.45, 2.75) is 59.0 Å². The number of hydrogen-bond donors (Lipinski definition) is 2. The molecule has 25 heavy (non-hydrogen) atoms. The summed E-state index contributed by atoms with van der Waals surface area (Å²) in [6.45, 7) is 11.2. The Labute approximate surface area is 151 Å². The van der Waals surface area contributed by atoms with Gasteiger partial charge in [-0.15, -0.1) is 0 Å². The van der Waals surface area contributed by atoms with Crippen LogP contribution in [-0.2, 0) is 9.53 Å². The van der Waals surface area contributed by atoms with Crippen molar-refractivity contribution in [1.29, 1.82) is 0 Å². The van der Waals surface area contributed by atoms with E-state index in [0.717, 1.165) is 31.3 Å². The van der Waals surface area contributed by atoms with Gasteiger partial charge in [0.25, 0.3) is 0 Å². The van der Waals surface area contributed by atoms with Crippen LogP contribution >= 0.6 is 0 Å². The Hall–Kier alpha value is -1.13. The second-order valence-electron chi connectivity index (χ2n) is 8.92. The zero-order valence-electron chi connectivity index (χ0n) is 15.8. The third kappa shape index (κ3) is 2.87. The van der Waals surface area contributed by atoms with Crippen LogP contribution in [0, 0.1) is 28.6 Å². The van der Waals surface area contributed by atoms with E-state index in [-0.39, 0.29) is 35.7 Å². The van der Waals surface area contributed by atoms with Gasteiger partial charge in [0.15, 0.2) is 0 Å². The summed E-state index contributed by atoms with van der Waals surface area (Å²) < 4.78 is 5.15. The van der Waals surface area contributed by atoms with Crippen LogP contribution in [0.3, 0.4) is 0 Å². The molecule has 2 aliphatic carbocycles. The van der Waals surface area contributed by atoms with Crippen LogP contribution in [0.2, 0.25) is 0 Å². The first-order chi connectivity index (χ1) is 11.7. The van der Waals surface area contributed by atoms with Gasteiger partial charge in [-0.3, -0.25) is 0 Å². The van der Waals surface area contributed by atoms with Crippen LogP contribution in [0.1, 0.15) is 52.9 Å². The summed E-state index contributed by atoms with van der Waals surface area (Å²) in [5.74, 6) is 0.507. The molecule has 0 amide bonds. The number of rotatable bonds is 3. The Morgan fingerprint density at radius 1 is 1.36 bits per heavy atom. The maximum Gasteiger partial charge on any atom is 0.334 e. The lowest BCUT2D eigenvalue weighted by Gasteiger charge is -2.59. The average molecular weight is 348 g/mol. The van der Waals surface area contributed by atoms with E-state index in [2.05, 4.69) is 19.6 Å². The summed E-state index contributed by atoms with van der Waals surface area (Å²) in [6.07, 6.45) is 5.93. The fourth-order valence-corrected chi connectivity index (χ4v) is 5.74. The molecule has 4 unspecified atom stereocenters. The average Bonchev–Trinajstić information content (AvgIpc) is 2.89. The molecule has 6 atom stereocenters. The number of cyclic esters (lactones) is 1. The molecule has 140 valence electrons. The molecule has 0 aromatic rings. The minimum atomic E-state index is -0.460. The van der Waals surface area contributed by atoms with Crippen LogP contribution in [0.25, 0.3) is 0 Å². The first-order valence-electron chi connectivity index (χ1n) is 9.57. The second kappa shape index (κ2) is 6.55. The Balaban J connectivity index is 1.89. The van der Waals surface area contributed by atoms with Crippen molar-refractivity contribution in [1.82, 2.24) is 0 Å². The highest BCUT2D eigenvalue weighted by molar-refractivity contribution is 5.90. The van der Waals surface area contributed by atoms with Crippen LogP contribution < -0.4 is 0 Å². The summed E-state index contributed by atoms with van der Waals surface area (Å²) in [7, 11) is 0. The molecule has 0 radical (unpaired) electrons. The summed E-state index contributed by atoms with van der Waals surface area (Å²) in [5.41, 5.74) is 1.57. The van der Waals surface area contributed by atoms with Crippen molar-refractivity contribution in [3.63, 3.8) is 0 Å². The fraction of sp³-hybridized carbons (Fsp3) is 0.762. The number of hydrogen-bond acceptors (Lipinski definition) is 4. The van der Waals surface area contributed by atoms with Crippen molar-refractivity contribution < 1.29 is 19.7 Å². The van der Waals surface area contributed by atoms with Crippen LogP contribution in [-0.4, -0.2) is 35.5 Å². The Kier molecular flexibility index (Phi) is 4.89. The number of ether oxygens (including phenoxy) is 1. The van der Waals surface area contributed by atoms with Gasteiger partial charge in [-0.1, -0.05) is 39.0 Å². The first-order valence-corrected chi connectivity index (χ1v) is 9.57. The molecular formula is C21H32O4. The Morgan fingerprint density at radius 3 is 2.68 bits per heavy atom. The lowest BCUT2D eigenvalue weighted by Crippen LogP contribution is -2.57. The van der Waals surface area contributed by atoms with E-state index in [0.29, 0.717) is 13.0 Å². The quantitative estimate of drug-likeness (QED) is 0.467. The van der Waals surface area contributed by atoms with Crippen LogP contribution in [0.4, 0.5) is 0 Å². The minimum absolute atomic E-state index is 0.00511. The van der Waals surface area contributed by atoms with E-state index in [1.54, 1.807) is 0 Å². The van der Waals surface area contributed by atoms with Gasteiger partial charge in [0.05, 0.1) is 19.3 Å². The standard InChI is InChI=1S/C21H32O4/c1-13-5-8-17-20(3,10-9-18(23)21(17,4)12-22)16(13)7-6-15-14(2)11-25-19(15)24/h6,14,16-18,22-23H,1,5,7-12H2,2-4H3/t14?,16-,17?,18?,20+,21?/m1/s1. The number of carbonyl (C=O) groups excluding carboxylic acids is 1. The second-order valence-corrected chi connectivity index (χ2v) is 8.92. The number of fused-ring (bicyclic) bond motifs is 1. The molecule has 1 saturated heterocycles. The highest BCUT2D eigenvalue weighted by Gasteiger charge is 2.57.